The molecule has 1 atom stereocenters. The molecule has 2 aromatic rings. The van der Waals surface area contributed by atoms with Crippen LogP contribution >= 0.6 is 23.4 Å². The smallest absolute Gasteiger partial charge is 0.253 e. The zero-order chi connectivity index (χ0) is 19.8. The maximum Gasteiger partial charge on any atom is 0.253 e. The van der Waals surface area contributed by atoms with Gasteiger partial charge in [-0.1, -0.05) is 35.9 Å². The molecule has 4 nitrogen and oxygen atoms in total. The zero-order valence-corrected chi connectivity index (χ0v) is 16.8. The van der Waals surface area contributed by atoms with Crippen LogP contribution < -0.4 is 5.32 Å². The van der Waals surface area contributed by atoms with Crippen LogP contribution in [0.15, 0.2) is 48.5 Å². The average molecular weight is 409 g/mol. The Bertz CT molecular complexity index is 786. The molecule has 0 bridgehead atoms. The SMILES string of the molecule is CSCCC(NC(=O)c1ccccc1Cl)C(=O)N(C)Cc1ccc(F)cc1. The van der Waals surface area contributed by atoms with Crippen LogP contribution in [-0.4, -0.2) is 41.8 Å². The van der Waals surface area contributed by atoms with E-state index in [1.165, 1.54) is 17.0 Å². The van der Waals surface area contributed by atoms with Gasteiger partial charge in [0, 0.05) is 13.6 Å². The van der Waals surface area contributed by atoms with Crippen molar-refractivity contribution in [2.24, 2.45) is 0 Å². The van der Waals surface area contributed by atoms with Crippen molar-refractivity contribution in [1.82, 2.24) is 10.2 Å². The molecule has 0 radical (unpaired) electrons. The number of nitrogens with one attached hydrogen (secondary N) is 1. The predicted octanol–water partition coefficient (Wildman–Crippen LogP) is 3.99. The summed E-state index contributed by atoms with van der Waals surface area (Å²) in [6.45, 7) is 0.330. The van der Waals surface area contributed by atoms with Crippen molar-refractivity contribution in [1.29, 1.82) is 0 Å². The maximum absolute atomic E-state index is 13.0. The van der Waals surface area contributed by atoms with E-state index in [1.807, 2.05) is 6.26 Å². The molecule has 1 N–H and O–H groups in total. The van der Waals surface area contributed by atoms with Crippen molar-refractivity contribution in [2.75, 3.05) is 19.1 Å². The molecule has 0 aliphatic heterocycles. The van der Waals surface area contributed by atoms with Gasteiger partial charge in [-0.2, -0.15) is 11.8 Å². The number of nitrogens with zero attached hydrogens (tertiary/aromatic N) is 1. The van der Waals surface area contributed by atoms with Crippen molar-refractivity contribution >= 4 is 35.2 Å². The Morgan fingerprint density at radius 3 is 2.48 bits per heavy atom. The van der Waals surface area contributed by atoms with Gasteiger partial charge in [-0.05, 0) is 48.3 Å². The Hall–Kier alpha value is -2.05. The third-order valence-electron chi connectivity index (χ3n) is 4.04. The number of hydrogen-bond acceptors (Lipinski definition) is 3. The van der Waals surface area contributed by atoms with Crippen molar-refractivity contribution in [3.8, 4) is 0 Å². The molecular formula is C20H22ClFN2O2S. The number of likely N-dealkylation sites (N-methyl/N-ethyl adjacent to an activating group) is 1. The van der Waals surface area contributed by atoms with E-state index >= 15 is 0 Å². The van der Waals surface area contributed by atoms with Gasteiger partial charge >= 0.3 is 0 Å². The molecule has 2 rings (SSSR count). The third kappa shape index (κ3) is 6.26. The summed E-state index contributed by atoms with van der Waals surface area (Å²) in [4.78, 5) is 26.9. The van der Waals surface area contributed by atoms with Crippen LogP contribution in [-0.2, 0) is 11.3 Å². The second kappa shape index (κ2) is 10.3. The number of rotatable bonds is 8. The lowest BCUT2D eigenvalue weighted by molar-refractivity contribution is -0.132. The number of carbonyl (C=O) groups excluding carboxylic acids is 2. The first-order valence-corrected chi connectivity index (χ1v) is 10.2. The van der Waals surface area contributed by atoms with Gasteiger partial charge in [0.1, 0.15) is 11.9 Å². The molecule has 0 spiro atoms. The summed E-state index contributed by atoms with van der Waals surface area (Å²) in [5.74, 6) is -0.176. The normalized spacial score (nSPS) is 11.7. The van der Waals surface area contributed by atoms with Gasteiger partial charge in [0.15, 0.2) is 0 Å². The minimum atomic E-state index is -0.660. The van der Waals surface area contributed by atoms with Gasteiger partial charge in [0.2, 0.25) is 5.91 Å². The highest BCUT2D eigenvalue weighted by Crippen LogP contribution is 2.16. The van der Waals surface area contributed by atoms with Gasteiger partial charge in [0.25, 0.3) is 5.91 Å². The molecule has 0 aromatic heterocycles. The molecule has 0 heterocycles. The van der Waals surface area contributed by atoms with E-state index in [9.17, 15) is 14.0 Å². The van der Waals surface area contributed by atoms with Crippen LogP contribution in [0.4, 0.5) is 4.39 Å². The molecular weight excluding hydrogens is 387 g/mol. The molecule has 27 heavy (non-hydrogen) atoms. The van der Waals surface area contributed by atoms with Crippen LogP contribution in [0, 0.1) is 5.82 Å². The topological polar surface area (TPSA) is 49.4 Å². The van der Waals surface area contributed by atoms with Gasteiger partial charge in [0.05, 0.1) is 10.6 Å². The Labute approximate surface area is 168 Å². The minimum Gasteiger partial charge on any atom is -0.340 e. The fourth-order valence-corrected chi connectivity index (χ4v) is 3.28. The third-order valence-corrected chi connectivity index (χ3v) is 5.02. The number of carbonyl (C=O) groups is 2. The van der Waals surface area contributed by atoms with Crippen LogP contribution in [0.1, 0.15) is 22.3 Å². The largest absolute Gasteiger partial charge is 0.340 e. The summed E-state index contributed by atoms with van der Waals surface area (Å²) in [5.41, 5.74) is 1.15. The molecule has 0 saturated carbocycles. The predicted molar refractivity (Wildman–Crippen MR) is 109 cm³/mol. The Balaban J connectivity index is 2.09. The molecule has 2 amide bonds. The van der Waals surface area contributed by atoms with Crippen molar-refractivity contribution in [3.63, 3.8) is 0 Å². The number of amides is 2. The van der Waals surface area contributed by atoms with E-state index < -0.39 is 6.04 Å². The Kier molecular flexibility index (Phi) is 8.13. The van der Waals surface area contributed by atoms with Crippen LogP contribution in [0.5, 0.6) is 0 Å². The summed E-state index contributed by atoms with van der Waals surface area (Å²) < 4.78 is 13.0. The minimum absolute atomic E-state index is 0.200. The lowest BCUT2D eigenvalue weighted by atomic mass is 10.1. The second-order valence-electron chi connectivity index (χ2n) is 6.11. The number of hydrogen-bond donors (Lipinski definition) is 1. The number of benzene rings is 2. The Morgan fingerprint density at radius 2 is 1.85 bits per heavy atom. The summed E-state index contributed by atoms with van der Waals surface area (Å²) >= 11 is 7.68. The quantitative estimate of drug-likeness (QED) is 0.718. The maximum atomic E-state index is 13.0. The molecule has 144 valence electrons. The zero-order valence-electron chi connectivity index (χ0n) is 15.2. The van der Waals surface area contributed by atoms with Crippen LogP contribution in [0.25, 0.3) is 0 Å². The molecule has 0 aliphatic rings. The first-order valence-electron chi connectivity index (χ1n) is 8.46. The molecule has 2 aromatic carbocycles. The van der Waals surface area contributed by atoms with Gasteiger partial charge < -0.3 is 10.2 Å². The van der Waals surface area contributed by atoms with Gasteiger partial charge in [-0.3, -0.25) is 9.59 Å². The summed E-state index contributed by atoms with van der Waals surface area (Å²) in [6, 6.07) is 12.1. The molecule has 1 unspecified atom stereocenters. The van der Waals surface area contributed by atoms with E-state index in [4.69, 9.17) is 11.6 Å². The standard InChI is InChI=1S/C20H22ClFN2O2S/c1-24(13-14-7-9-15(22)10-8-14)20(26)18(11-12-27-2)23-19(25)16-5-3-4-6-17(16)21/h3-10,18H,11-13H2,1-2H3,(H,23,25). The fraction of sp³-hybridized carbons (Fsp3) is 0.300. The van der Waals surface area contributed by atoms with Crippen molar-refractivity contribution in [2.45, 2.75) is 19.0 Å². The highest BCUT2D eigenvalue weighted by Gasteiger charge is 2.25. The lowest BCUT2D eigenvalue weighted by Gasteiger charge is -2.25. The summed E-state index contributed by atoms with van der Waals surface area (Å²) in [6.07, 6.45) is 2.45. The van der Waals surface area contributed by atoms with Crippen molar-refractivity contribution in [3.05, 3.63) is 70.5 Å². The van der Waals surface area contributed by atoms with Crippen LogP contribution in [0.3, 0.4) is 0 Å². The molecule has 0 aliphatic carbocycles. The van der Waals surface area contributed by atoms with E-state index in [-0.39, 0.29) is 17.6 Å². The highest BCUT2D eigenvalue weighted by molar-refractivity contribution is 7.98. The summed E-state index contributed by atoms with van der Waals surface area (Å²) in [5, 5.41) is 3.14. The highest BCUT2D eigenvalue weighted by atomic mass is 35.5. The van der Waals surface area contributed by atoms with E-state index in [0.29, 0.717) is 23.6 Å². The first-order chi connectivity index (χ1) is 12.9. The van der Waals surface area contributed by atoms with Gasteiger partial charge in [-0.25, -0.2) is 4.39 Å². The van der Waals surface area contributed by atoms with E-state index in [1.54, 1.807) is 55.2 Å². The van der Waals surface area contributed by atoms with Crippen LogP contribution in [0.2, 0.25) is 5.02 Å². The monoisotopic (exact) mass is 408 g/mol. The molecule has 0 saturated heterocycles. The number of halogens is 2. The Morgan fingerprint density at radius 1 is 1.19 bits per heavy atom. The van der Waals surface area contributed by atoms with Gasteiger partial charge in [-0.15, -0.1) is 0 Å². The molecule has 7 heteroatoms. The lowest BCUT2D eigenvalue weighted by Crippen LogP contribution is -2.47. The van der Waals surface area contributed by atoms with E-state index in [2.05, 4.69) is 5.32 Å². The first kappa shape index (κ1) is 21.3. The fourth-order valence-electron chi connectivity index (χ4n) is 2.58. The second-order valence-corrected chi connectivity index (χ2v) is 7.50. The number of thioether (sulfide) groups is 1. The van der Waals surface area contributed by atoms with Crippen molar-refractivity contribution < 1.29 is 14.0 Å². The average Bonchev–Trinajstić information content (AvgIpc) is 2.66. The van der Waals surface area contributed by atoms with E-state index in [0.717, 1.165) is 11.3 Å². The summed E-state index contributed by atoms with van der Waals surface area (Å²) in [7, 11) is 1.67. The molecule has 0 fully saturated rings.